The summed E-state index contributed by atoms with van der Waals surface area (Å²) in [7, 11) is 0. The van der Waals surface area contributed by atoms with E-state index in [-0.39, 0.29) is 24.4 Å². The number of rotatable bonds is 6. The quantitative estimate of drug-likeness (QED) is 0.771. The summed E-state index contributed by atoms with van der Waals surface area (Å²) >= 11 is 0. The van der Waals surface area contributed by atoms with Crippen LogP contribution in [0.25, 0.3) is 0 Å². The van der Waals surface area contributed by atoms with Gasteiger partial charge in [-0.2, -0.15) is 0 Å². The lowest BCUT2D eigenvalue weighted by atomic mass is 9.85. The van der Waals surface area contributed by atoms with E-state index in [9.17, 15) is 9.59 Å². The van der Waals surface area contributed by atoms with Crippen LogP contribution < -0.4 is 0 Å². The SMILES string of the molecule is O=C1CO[C@@H]2CCN(C(=O)C(CC3CCCCC3)OCc3ccccc3)[C@H]12. The molecule has 1 amide bonds. The minimum atomic E-state index is -0.472. The van der Waals surface area contributed by atoms with Gasteiger partial charge >= 0.3 is 0 Å². The first kappa shape index (κ1) is 18.6. The van der Waals surface area contributed by atoms with Crippen LogP contribution in [-0.2, 0) is 25.7 Å². The molecule has 0 bridgehead atoms. The molecule has 2 saturated heterocycles. The second-order valence-electron chi connectivity index (χ2n) is 8.11. The van der Waals surface area contributed by atoms with E-state index in [1.165, 1.54) is 32.1 Å². The summed E-state index contributed by atoms with van der Waals surface area (Å²) in [5, 5.41) is 0. The normalized spacial score (nSPS) is 27.0. The monoisotopic (exact) mass is 371 g/mol. The number of benzene rings is 1. The molecular formula is C22H29NO4. The number of carbonyl (C=O) groups is 2. The molecule has 0 N–H and O–H groups in total. The lowest BCUT2D eigenvalue weighted by Gasteiger charge is -2.30. The van der Waals surface area contributed by atoms with Crippen molar-refractivity contribution in [1.82, 2.24) is 4.90 Å². The summed E-state index contributed by atoms with van der Waals surface area (Å²) in [5.41, 5.74) is 1.07. The Labute approximate surface area is 161 Å². The Morgan fingerprint density at radius 1 is 1.15 bits per heavy atom. The zero-order chi connectivity index (χ0) is 18.6. The zero-order valence-electron chi connectivity index (χ0n) is 15.8. The maximum absolute atomic E-state index is 13.3. The highest BCUT2D eigenvalue weighted by atomic mass is 16.5. The van der Waals surface area contributed by atoms with Gasteiger partial charge in [0, 0.05) is 6.54 Å². The molecule has 3 aliphatic rings. The van der Waals surface area contributed by atoms with Crippen molar-refractivity contribution in [2.24, 2.45) is 5.92 Å². The molecule has 1 aliphatic carbocycles. The molecule has 0 spiro atoms. The number of ether oxygens (including phenoxy) is 2. The number of fused-ring (bicyclic) bond motifs is 1. The second-order valence-corrected chi connectivity index (χ2v) is 8.11. The second kappa shape index (κ2) is 8.53. The molecule has 27 heavy (non-hydrogen) atoms. The maximum atomic E-state index is 13.3. The van der Waals surface area contributed by atoms with Gasteiger partial charge in [0.1, 0.15) is 18.8 Å². The highest BCUT2D eigenvalue weighted by Gasteiger charge is 2.48. The Bertz CT molecular complexity index is 656. The molecule has 146 valence electrons. The molecule has 5 heteroatoms. The van der Waals surface area contributed by atoms with Crippen LogP contribution in [0.5, 0.6) is 0 Å². The standard InChI is InChI=1S/C22H29NO4/c24-18-15-27-19-11-12-23(21(18)19)22(25)20(13-16-7-3-1-4-8-16)26-14-17-9-5-2-6-10-17/h2,5-6,9-10,16,19-21H,1,3-4,7-8,11-15H2/t19-,20?,21-/m1/s1. The van der Waals surface area contributed by atoms with Crippen molar-refractivity contribution in [1.29, 1.82) is 0 Å². The van der Waals surface area contributed by atoms with Gasteiger partial charge in [0.2, 0.25) is 0 Å². The molecule has 1 unspecified atom stereocenters. The Balaban J connectivity index is 1.45. The number of hydrogen-bond donors (Lipinski definition) is 0. The maximum Gasteiger partial charge on any atom is 0.252 e. The van der Waals surface area contributed by atoms with E-state index in [0.717, 1.165) is 18.4 Å². The molecule has 4 rings (SSSR count). The first-order valence-electron chi connectivity index (χ1n) is 10.3. The summed E-state index contributed by atoms with van der Waals surface area (Å²) in [6.45, 7) is 1.16. The van der Waals surface area contributed by atoms with Gasteiger partial charge < -0.3 is 14.4 Å². The predicted molar refractivity (Wildman–Crippen MR) is 101 cm³/mol. The van der Waals surface area contributed by atoms with Crippen LogP contribution in [-0.4, -0.2) is 48.0 Å². The van der Waals surface area contributed by atoms with Gasteiger partial charge in [0.15, 0.2) is 5.78 Å². The number of carbonyl (C=O) groups excluding carboxylic acids is 2. The zero-order valence-corrected chi connectivity index (χ0v) is 15.8. The van der Waals surface area contributed by atoms with Gasteiger partial charge in [-0.1, -0.05) is 62.4 Å². The minimum Gasteiger partial charge on any atom is -0.368 e. The van der Waals surface area contributed by atoms with E-state index in [1.807, 2.05) is 30.3 Å². The Kier molecular flexibility index (Phi) is 5.89. The number of ketones is 1. The first-order chi connectivity index (χ1) is 13.2. The van der Waals surface area contributed by atoms with E-state index >= 15 is 0 Å². The van der Waals surface area contributed by atoms with Crippen molar-refractivity contribution in [3.63, 3.8) is 0 Å². The third-order valence-corrected chi connectivity index (χ3v) is 6.24. The Morgan fingerprint density at radius 3 is 2.70 bits per heavy atom. The van der Waals surface area contributed by atoms with Gasteiger partial charge in [-0.05, 0) is 24.3 Å². The van der Waals surface area contributed by atoms with Crippen LogP contribution in [0.15, 0.2) is 30.3 Å². The fraction of sp³-hybridized carbons (Fsp3) is 0.636. The lowest BCUT2D eigenvalue weighted by Crippen LogP contribution is -2.47. The largest absolute Gasteiger partial charge is 0.368 e. The molecule has 3 atom stereocenters. The van der Waals surface area contributed by atoms with Gasteiger partial charge in [-0.25, -0.2) is 0 Å². The average molecular weight is 371 g/mol. The van der Waals surface area contributed by atoms with Crippen molar-refractivity contribution >= 4 is 11.7 Å². The number of amides is 1. The predicted octanol–water partition coefficient (Wildman–Crippen LogP) is 3.11. The summed E-state index contributed by atoms with van der Waals surface area (Å²) in [6, 6.07) is 9.58. The molecule has 1 aromatic rings. The Hall–Kier alpha value is -1.72. The van der Waals surface area contributed by atoms with E-state index in [0.29, 0.717) is 19.1 Å². The molecule has 1 aromatic carbocycles. The van der Waals surface area contributed by atoms with Crippen LogP contribution in [0, 0.1) is 5.92 Å². The van der Waals surface area contributed by atoms with E-state index in [4.69, 9.17) is 9.47 Å². The van der Waals surface area contributed by atoms with Crippen molar-refractivity contribution in [2.75, 3.05) is 13.2 Å². The van der Waals surface area contributed by atoms with Crippen molar-refractivity contribution in [3.8, 4) is 0 Å². The number of hydrogen-bond acceptors (Lipinski definition) is 4. The van der Waals surface area contributed by atoms with Gasteiger partial charge in [0.25, 0.3) is 5.91 Å². The van der Waals surface area contributed by atoms with Gasteiger partial charge in [0.05, 0.1) is 12.7 Å². The van der Waals surface area contributed by atoms with Crippen molar-refractivity contribution < 1.29 is 19.1 Å². The van der Waals surface area contributed by atoms with E-state index < -0.39 is 12.1 Å². The highest BCUT2D eigenvalue weighted by Crippen LogP contribution is 2.32. The Morgan fingerprint density at radius 2 is 1.93 bits per heavy atom. The molecular weight excluding hydrogens is 342 g/mol. The summed E-state index contributed by atoms with van der Waals surface area (Å²) < 4.78 is 11.7. The van der Waals surface area contributed by atoms with Crippen LogP contribution in [0.1, 0.15) is 50.5 Å². The molecule has 2 heterocycles. The van der Waals surface area contributed by atoms with Crippen molar-refractivity contribution in [2.45, 2.75) is 69.8 Å². The molecule has 0 aromatic heterocycles. The summed E-state index contributed by atoms with van der Waals surface area (Å²) in [5.74, 6) is 0.547. The number of nitrogens with zero attached hydrogens (tertiary/aromatic N) is 1. The van der Waals surface area contributed by atoms with E-state index in [1.54, 1.807) is 4.90 Å². The lowest BCUT2D eigenvalue weighted by molar-refractivity contribution is -0.149. The third kappa shape index (κ3) is 4.25. The molecule has 1 saturated carbocycles. The van der Waals surface area contributed by atoms with Crippen molar-refractivity contribution in [3.05, 3.63) is 35.9 Å². The van der Waals surface area contributed by atoms with E-state index in [2.05, 4.69) is 0 Å². The minimum absolute atomic E-state index is 0.0251. The fourth-order valence-electron chi connectivity index (χ4n) is 4.76. The smallest absolute Gasteiger partial charge is 0.252 e. The summed E-state index contributed by atoms with van der Waals surface area (Å²) in [6.07, 6.45) is 7.04. The van der Waals surface area contributed by atoms with Gasteiger partial charge in [-0.15, -0.1) is 0 Å². The first-order valence-corrected chi connectivity index (χ1v) is 10.3. The highest BCUT2D eigenvalue weighted by molar-refractivity contribution is 5.93. The topological polar surface area (TPSA) is 55.8 Å². The molecule has 2 aliphatic heterocycles. The third-order valence-electron chi connectivity index (χ3n) is 6.24. The molecule has 3 fully saturated rings. The van der Waals surface area contributed by atoms with Crippen LogP contribution in [0.3, 0.4) is 0 Å². The van der Waals surface area contributed by atoms with Crippen LogP contribution in [0.4, 0.5) is 0 Å². The fourth-order valence-corrected chi connectivity index (χ4v) is 4.76. The van der Waals surface area contributed by atoms with Gasteiger partial charge in [-0.3, -0.25) is 9.59 Å². The van der Waals surface area contributed by atoms with Crippen LogP contribution in [0.2, 0.25) is 0 Å². The molecule has 5 nitrogen and oxygen atoms in total. The number of Topliss-reactive ketones (excluding diaryl/α,β-unsaturated/α-hetero) is 1. The average Bonchev–Trinajstić information content (AvgIpc) is 3.29. The van der Waals surface area contributed by atoms with Crippen LogP contribution >= 0.6 is 0 Å². The summed E-state index contributed by atoms with van der Waals surface area (Å²) in [4.78, 5) is 27.3. The number of likely N-dealkylation sites (tertiary alicyclic amines) is 1. The molecule has 0 radical (unpaired) electrons.